The van der Waals surface area contributed by atoms with Crippen molar-refractivity contribution in [3.05, 3.63) is 29.8 Å². The van der Waals surface area contributed by atoms with Gasteiger partial charge in [0.1, 0.15) is 6.29 Å². The van der Waals surface area contributed by atoms with Crippen LogP contribution in [0.2, 0.25) is 0 Å². The normalized spacial score (nSPS) is 11.6. The van der Waals surface area contributed by atoms with E-state index in [9.17, 15) is 4.57 Å². The average Bonchev–Trinajstić information content (AvgIpc) is 2.47. The molecule has 0 saturated carbocycles. The fourth-order valence-electron chi connectivity index (χ4n) is 1.68. The average molecular weight is 313 g/mol. The Balaban J connectivity index is 2.53. The Bertz CT molecular complexity index is 420. The monoisotopic (exact) mass is 313 g/mol. The highest BCUT2D eigenvalue weighted by Crippen LogP contribution is 2.48. The van der Waals surface area contributed by atoms with E-state index in [1.54, 1.807) is 0 Å². The van der Waals surface area contributed by atoms with Crippen molar-refractivity contribution in [3.63, 3.8) is 0 Å². The van der Waals surface area contributed by atoms with Crippen molar-refractivity contribution in [2.75, 3.05) is 24.8 Å². The number of hydrogen-bond donors (Lipinski definition) is 1. The molecule has 0 saturated heterocycles. The first kappa shape index (κ1) is 18.2. The van der Waals surface area contributed by atoms with Gasteiger partial charge in [0.05, 0.1) is 13.2 Å². The highest BCUT2D eigenvalue weighted by atomic mass is 31.2. The number of benzene rings is 1. The van der Waals surface area contributed by atoms with Gasteiger partial charge in [0.2, 0.25) is 0 Å². The van der Waals surface area contributed by atoms with Crippen LogP contribution in [0.15, 0.2) is 24.3 Å². The first-order valence-electron chi connectivity index (χ1n) is 7.78. The topological polar surface area (TPSA) is 47.6 Å². The summed E-state index contributed by atoms with van der Waals surface area (Å²) in [6.45, 7) is 7.16. The fraction of sp³-hybridized carbons (Fsp3) is 0.625. The molecule has 0 amide bonds. The molecule has 0 unspecified atom stereocenters. The minimum atomic E-state index is -3.07. The largest absolute Gasteiger partial charge is 0.374 e. The van der Waals surface area contributed by atoms with Gasteiger partial charge in [-0.05, 0) is 31.9 Å². The fourth-order valence-corrected chi connectivity index (χ4v) is 3.13. The van der Waals surface area contributed by atoms with Crippen molar-refractivity contribution < 1.29 is 13.6 Å². The highest BCUT2D eigenvalue weighted by molar-refractivity contribution is 7.53. The molecule has 21 heavy (non-hydrogen) atoms. The zero-order chi connectivity index (χ0) is 15.6. The van der Waals surface area contributed by atoms with Gasteiger partial charge in [-0.2, -0.15) is 0 Å². The zero-order valence-electron chi connectivity index (χ0n) is 13.4. The highest BCUT2D eigenvalue weighted by Gasteiger charge is 2.24. The number of nitrogens with one attached hydrogen (secondary N) is 1. The zero-order valence-corrected chi connectivity index (χ0v) is 14.3. The van der Waals surface area contributed by atoms with Gasteiger partial charge in [-0.25, -0.2) is 0 Å². The molecule has 1 aromatic carbocycles. The second-order valence-corrected chi connectivity index (χ2v) is 7.24. The van der Waals surface area contributed by atoms with Gasteiger partial charge in [0.15, 0.2) is 0 Å². The second kappa shape index (κ2) is 9.99. The van der Waals surface area contributed by atoms with Crippen LogP contribution in [0.4, 0.5) is 5.69 Å². The van der Waals surface area contributed by atoms with E-state index in [1.165, 1.54) is 5.56 Å². The molecule has 1 rings (SSSR count). The molecule has 0 heterocycles. The molecular weight excluding hydrogens is 285 g/mol. The van der Waals surface area contributed by atoms with Gasteiger partial charge in [0.25, 0.3) is 0 Å². The van der Waals surface area contributed by atoms with Gasteiger partial charge < -0.3 is 14.4 Å². The summed E-state index contributed by atoms with van der Waals surface area (Å²) < 4.78 is 23.8. The van der Waals surface area contributed by atoms with E-state index in [0.717, 1.165) is 31.4 Å². The summed E-state index contributed by atoms with van der Waals surface area (Å²) in [5, 5.41) is 3.15. The van der Waals surface area contributed by atoms with E-state index in [0.29, 0.717) is 13.2 Å². The molecule has 0 atom stereocenters. The quantitative estimate of drug-likeness (QED) is 0.451. The van der Waals surface area contributed by atoms with Gasteiger partial charge in [-0.3, -0.25) is 4.57 Å². The third-order valence-electron chi connectivity index (χ3n) is 3.10. The Morgan fingerprint density at radius 3 is 2.00 bits per heavy atom. The van der Waals surface area contributed by atoms with E-state index < -0.39 is 7.60 Å². The summed E-state index contributed by atoms with van der Waals surface area (Å²) in [6, 6.07) is 7.97. The number of hydrogen-bond acceptors (Lipinski definition) is 4. The van der Waals surface area contributed by atoms with E-state index in [1.807, 2.05) is 31.2 Å². The van der Waals surface area contributed by atoms with Crippen LogP contribution in [0.5, 0.6) is 0 Å². The molecular formula is C16H28NO3P. The molecule has 0 aliphatic carbocycles. The van der Waals surface area contributed by atoms with Crippen LogP contribution in [0.1, 0.15) is 45.1 Å². The minimum absolute atomic E-state index is 0.212. The lowest BCUT2D eigenvalue weighted by Crippen LogP contribution is -2.09. The van der Waals surface area contributed by atoms with Crippen LogP contribution < -0.4 is 5.32 Å². The van der Waals surface area contributed by atoms with Crippen molar-refractivity contribution in [2.45, 2.75) is 46.5 Å². The summed E-state index contributed by atoms with van der Waals surface area (Å²) in [4.78, 5) is 0. The molecule has 0 aliphatic heterocycles. The maximum absolute atomic E-state index is 12.7. The molecule has 0 fully saturated rings. The van der Waals surface area contributed by atoms with Crippen LogP contribution in [0, 0.1) is 6.92 Å². The van der Waals surface area contributed by atoms with Crippen molar-refractivity contribution in [3.8, 4) is 0 Å². The maximum atomic E-state index is 12.7. The lowest BCUT2D eigenvalue weighted by Gasteiger charge is -2.19. The Hall–Kier alpha value is -0.830. The predicted octanol–water partition coefficient (Wildman–Crippen LogP) is 5.19. The lowest BCUT2D eigenvalue weighted by atomic mass is 10.2. The van der Waals surface area contributed by atoms with Crippen molar-refractivity contribution in [1.29, 1.82) is 0 Å². The Labute approximate surface area is 128 Å². The molecule has 4 nitrogen and oxygen atoms in total. The summed E-state index contributed by atoms with van der Waals surface area (Å²) in [7, 11) is -3.07. The molecule has 0 aromatic heterocycles. The lowest BCUT2D eigenvalue weighted by molar-refractivity contribution is 0.201. The molecule has 120 valence electrons. The first-order valence-corrected chi connectivity index (χ1v) is 9.51. The summed E-state index contributed by atoms with van der Waals surface area (Å²) in [5.41, 5.74) is 2.13. The number of anilines is 1. The number of aryl methyl sites for hydroxylation is 1. The van der Waals surface area contributed by atoms with Crippen LogP contribution in [0.25, 0.3) is 0 Å². The Morgan fingerprint density at radius 1 is 1.00 bits per heavy atom. The van der Waals surface area contributed by atoms with Crippen LogP contribution in [-0.2, 0) is 13.6 Å². The second-order valence-electron chi connectivity index (χ2n) is 5.19. The maximum Gasteiger partial charge on any atom is 0.349 e. The Morgan fingerprint density at radius 2 is 1.52 bits per heavy atom. The van der Waals surface area contributed by atoms with Crippen molar-refractivity contribution in [1.82, 2.24) is 0 Å². The molecule has 0 spiro atoms. The molecule has 0 aliphatic rings. The van der Waals surface area contributed by atoms with Gasteiger partial charge >= 0.3 is 7.60 Å². The molecule has 0 bridgehead atoms. The third-order valence-corrected chi connectivity index (χ3v) is 4.80. The van der Waals surface area contributed by atoms with Crippen molar-refractivity contribution >= 4 is 13.3 Å². The van der Waals surface area contributed by atoms with Crippen LogP contribution >= 0.6 is 7.60 Å². The summed E-state index contributed by atoms with van der Waals surface area (Å²) in [5.74, 6) is 0. The van der Waals surface area contributed by atoms with Crippen LogP contribution in [0.3, 0.4) is 0 Å². The van der Waals surface area contributed by atoms with E-state index >= 15 is 0 Å². The number of unbranched alkanes of at least 4 members (excludes halogenated alkanes) is 2. The van der Waals surface area contributed by atoms with Crippen LogP contribution in [-0.4, -0.2) is 19.5 Å². The smallest absolute Gasteiger partial charge is 0.349 e. The minimum Gasteiger partial charge on any atom is -0.374 e. The molecule has 1 aromatic rings. The van der Waals surface area contributed by atoms with Gasteiger partial charge in [-0.1, -0.05) is 44.4 Å². The number of rotatable bonds is 11. The molecule has 0 radical (unpaired) electrons. The van der Waals surface area contributed by atoms with E-state index in [-0.39, 0.29) is 6.29 Å². The van der Waals surface area contributed by atoms with Gasteiger partial charge in [-0.15, -0.1) is 0 Å². The summed E-state index contributed by atoms with van der Waals surface area (Å²) in [6.07, 6.45) is 4.03. The standard InChI is InChI=1S/C16H28NO3P/c1-4-6-12-19-21(18,20-13-7-5-2)14-17-16-10-8-15(3)9-11-16/h8-11,17H,4-7,12-14H2,1-3H3. The van der Waals surface area contributed by atoms with E-state index in [2.05, 4.69) is 19.2 Å². The van der Waals surface area contributed by atoms with E-state index in [4.69, 9.17) is 9.05 Å². The first-order chi connectivity index (χ1) is 10.1. The Kier molecular flexibility index (Phi) is 8.67. The molecule has 1 N–H and O–H groups in total. The third kappa shape index (κ3) is 7.66. The van der Waals surface area contributed by atoms with Gasteiger partial charge in [0, 0.05) is 5.69 Å². The SMILES string of the molecule is CCCCOP(=O)(CNc1ccc(C)cc1)OCCCC. The summed E-state index contributed by atoms with van der Waals surface area (Å²) >= 11 is 0. The predicted molar refractivity (Wildman–Crippen MR) is 89.0 cm³/mol. The van der Waals surface area contributed by atoms with Crippen molar-refractivity contribution in [2.24, 2.45) is 0 Å². The molecule has 5 heteroatoms.